The van der Waals surface area contributed by atoms with Gasteiger partial charge >= 0.3 is 0 Å². The fraction of sp³-hybridized carbons (Fsp3) is 1.00. The Morgan fingerprint density at radius 2 is 1.64 bits per heavy atom. The van der Waals surface area contributed by atoms with E-state index in [1.54, 1.807) is 0 Å². The molecule has 1 nitrogen and oxygen atoms in total. The predicted molar refractivity (Wildman–Crippen MR) is 59.3 cm³/mol. The monoisotopic (exact) mass is 196 g/mol. The molecule has 1 aliphatic heterocycles. The minimum Gasteiger partial charge on any atom is -0.374 e. The van der Waals surface area contributed by atoms with Gasteiger partial charge in [-0.1, -0.05) is 40.0 Å². The van der Waals surface area contributed by atoms with Gasteiger partial charge in [0.1, 0.15) is 0 Å². The van der Waals surface area contributed by atoms with Gasteiger partial charge in [-0.3, -0.25) is 0 Å². The van der Waals surface area contributed by atoms with E-state index in [1.165, 1.54) is 38.5 Å². The van der Waals surface area contributed by atoms with Crippen molar-refractivity contribution in [3.8, 4) is 0 Å². The normalized spacial score (nSPS) is 35.4. The standard InChI is InChI=1S/C13H24O/c1-12(2,3)13(9-10-14-13)11-7-5-4-6-8-11/h11H,4-10H2,1-3H3. The smallest absolute Gasteiger partial charge is 0.0780 e. The Hall–Kier alpha value is -0.0400. The summed E-state index contributed by atoms with van der Waals surface area (Å²) in [6.07, 6.45) is 8.38. The minimum atomic E-state index is 0.230. The van der Waals surface area contributed by atoms with E-state index in [2.05, 4.69) is 20.8 Å². The van der Waals surface area contributed by atoms with Gasteiger partial charge in [0.25, 0.3) is 0 Å². The average Bonchev–Trinajstić information content (AvgIpc) is 2.01. The number of ether oxygens (including phenoxy) is 1. The highest BCUT2D eigenvalue weighted by molar-refractivity contribution is 5.02. The van der Waals surface area contributed by atoms with Crippen molar-refractivity contribution in [3.05, 3.63) is 0 Å². The zero-order chi connectivity index (χ0) is 10.2. The van der Waals surface area contributed by atoms with Gasteiger partial charge in [0, 0.05) is 6.42 Å². The highest BCUT2D eigenvalue weighted by atomic mass is 16.5. The van der Waals surface area contributed by atoms with Crippen molar-refractivity contribution in [2.75, 3.05) is 6.61 Å². The maximum Gasteiger partial charge on any atom is 0.0780 e. The summed E-state index contributed by atoms with van der Waals surface area (Å²) in [5, 5.41) is 0. The Morgan fingerprint density at radius 1 is 1.07 bits per heavy atom. The number of hydrogen-bond donors (Lipinski definition) is 0. The van der Waals surface area contributed by atoms with Crippen LogP contribution in [0.3, 0.4) is 0 Å². The molecule has 2 rings (SSSR count). The molecule has 0 N–H and O–H groups in total. The summed E-state index contributed by atoms with van der Waals surface area (Å²) in [6.45, 7) is 8.04. The van der Waals surface area contributed by atoms with E-state index in [9.17, 15) is 0 Å². The van der Waals surface area contributed by atoms with Gasteiger partial charge in [-0.25, -0.2) is 0 Å². The molecule has 0 bridgehead atoms. The summed E-state index contributed by atoms with van der Waals surface area (Å²) in [5.41, 5.74) is 0.556. The fourth-order valence-corrected chi connectivity index (χ4v) is 3.42. The topological polar surface area (TPSA) is 9.23 Å². The van der Waals surface area contributed by atoms with E-state index in [0.29, 0.717) is 5.41 Å². The molecule has 0 radical (unpaired) electrons. The van der Waals surface area contributed by atoms with E-state index < -0.39 is 0 Å². The Bertz CT molecular complexity index is 192. The first-order valence-electron chi connectivity index (χ1n) is 6.20. The fourth-order valence-electron chi connectivity index (χ4n) is 3.42. The number of rotatable bonds is 1. The lowest BCUT2D eigenvalue weighted by molar-refractivity contribution is -0.241. The molecule has 0 aromatic carbocycles. The zero-order valence-electron chi connectivity index (χ0n) is 9.94. The van der Waals surface area contributed by atoms with Crippen molar-refractivity contribution in [2.45, 2.75) is 64.9 Å². The lowest BCUT2D eigenvalue weighted by atomic mass is 9.61. The third-order valence-corrected chi connectivity index (χ3v) is 4.37. The summed E-state index contributed by atoms with van der Waals surface area (Å²) in [5.74, 6) is 0.838. The van der Waals surface area contributed by atoms with Crippen molar-refractivity contribution >= 4 is 0 Å². The van der Waals surface area contributed by atoms with Crippen LogP contribution < -0.4 is 0 Å². The van der Waals surface area contributed by atoms with Gasteiger partial charge in [-0.05, 0) is 24.2 Å². The van der Waals surface area contributed by atoms with Crippen LogP contribution in [0.15, 0.2) is 0 Å². The molecular formula is C13H24O. The summed E-state index contributed by atoms with van der Waals surface area (Å²) < 4.78 is 6.02. The molecule has 1 heteroatoms. The van der Waals surface area contributed by atoms with Crippen molar-refractivity contribution in [2.24, 2.45) is 11.3 Å². The third-order valence-electron chi connectivity index (χ3n) is 4.37. The Balaban J connectivity index is 2.11. The molecule has 1 saturated heterocycles. The van der Waals surface area contributed by atoms with E-state index >= 15 is 0 Å². The van der Waals surface area contributed by atoms with Crippen molar-refractivity contribution < 1.29 is 4.74 Å². The molecule has 1 unspecified atom stereocenters. The van der Waals surface area contributed by atoms with Crippen LogP contribution in [0, 0.1) is 11.3 Å². The molecule has 1 heterocycles. The van der Waals surface area contributed by atoms with Gasteiger partial charge in [0.15, 0.2) is 0 Å². The first-order valence-corrected chi connectivity index (χ1v) is 6.20. The molecule has 1 atom stereocenters. The van der Waals surface area contributed by atoms with Gasteiger partial charge < -0.3 is 4.74 Å². The first-order chi connectivity index (χ1) is 6.56. The molecule has 1 saturated carbocycles. The van der Waals surface area contributed by atoms with Crippen LogP contribution in [0.2, 0.25) is 0 Å². The van der Waals surface area contributed by atoms with Crippen LogP contribution in [0.4, 0.5) is 0 Å². The van der Waals surface area contributed by atoms with Crippen LogP contribution in [0.5, 0.6) is 0 Å². The molecule has 1 aliphatic carbocycles. The molecule has 0 amide bonds. The van der Waals surface area contributed by atoms with Gasteiger partial charge in [0.2, 0.25) is 0 Å². The van der Waals surface area contributed by atoms with Crippen molar-refractivity contribution in [1.82, 2.24) is 0 Å². The van der Waals surface area contributed by atoms with E-state index in [0.717, 1.165) is 12.5 Å². The zero-order valence-corrected chi connectivity index (χ0v) is 9.94. The Morgan fingerprint density at radius 3 is 2.00 bits per heavy atom. The van der Waals surface area contributed by atoms with Gasteiger partial charge in [-0.15, -0.1) is 0 Å². The van der Waals surface area contributed by atoms with E-state index in [4.69, 9.17) is 4.74 Å². The van der Waals surface area contributed by atoms with Crippen LogP contribution >= 0.6 is 0 Å². The van der Waals surface area contributed by atoms with Crippen LogP contribution in [0.1, 0.15) is 59.3 Å². The second-order valence-corrected chi connectivity index (χ2v) is 6.07. The van der Waals surface area contributed by atoms with Crippen molar-refractivity contribution in [1.29, 1.82) is 0 Å². The van der Waals surface area contributed by atoms with Crippen molar-refractivity contribution in [3.63, 3.8) is 0 Å². The molecule has 0 spiro atoms. The number of hydrogen-bond acceptors (Lipinski definition) is 1. The summed E-state index contributed by atoms with van der Waals surface area (Å²) in [7, 11) is 0. The Kier molecular flexibility index (Phi) is 2.63. The summed E-state index contributed by atoms with van der Waals surface area (Å²) in [4.78, 5) is 0. The maximum atomic E-state index is 6.02. The Labute approximate surface area is 88.2 Å². The lowest BCUT2D eigenvalue weighted by Gasteiger charge is -2.56. The second kappa shape index (κ2) is 3.52. The van der Waals surface area contributed by atoms with E-state index in [1.807, 2.05) is 0 Å². The largest absolute Gasteiger partial charge is 0.374 e. The quantitative estimate of drug-likeness (QED) is 0.620. The molecule has 82 valence electrons. The predicted octanol–water partition coefficient (Wildman–Crippen LogP) is 3.77. The summed E-state index contributed by atoms with van der Waals surface area (Å²) >= 11 is 0. The third kappa shape index (κ3) is 1.50. The highest BCUT2D eigenvalue weighted by Crippen LogP contribution is 2.52. The molecular weight excluding hydrogens is 172 g/mol. The molecule has 2 fully saturated rings. The molecule has 2 aliphatic rings. The summed E-state index contributed by atoms with van der Waals surface area (Å²) in [6, 6.07) is 0. The first kappa shape index (κ1) is 10.5. The van der Waals surface area contributed by atoms with Gasteiger partial charge in [0.05, 0.1) is 12.2 Å². The second-order valence-electron chi connectivity index (χ2n) is 6.07. The molecule has 14 heavy (non-hydrogen) atoms. The van der Waals surface area contributed by atoms with Crippen LogP contribution in [-0.2, 0) is 4.74 Å². The SMILES string of the molecule is CC(C)(C)C1(C2CCCCC2)CCO1. The van der Waals surface area contributed by atoms with Gasteiger partial charge in [-0.2, -0.15) is 0 Å². The molecule has 0 aromatic rings. The average molecular weight is 196 g/mol. The van der Waals surface area contributed by atoms with Crippen LogP contribution in [-0.4, -0.2) is 12.2 Å². The molecule has 0 aromatic heterocycles. The highest BCUT2D eigenvalue weighted by Gasteiger charge is 2.53. The lowest BCUT2D eigenvalue weighted by Crippen LogP contribution is -2.59. The maximum absolute atomic E-state index is 6.02. The minimum absolute atomic E-state index is 0.230. The van der Waals surface area contributed by atoms with Crippen LogP contribution in [0.25, 0.3) is 0 Å². The van der Waals surface area contributed by atoms with E-state index in [-0.39, 0.29) is 5.60 Å².